The van der Waals surface area contributed by atoms with Crippen LogP contribution in [0.2, 0.25) is 0 Å². The van der Waals surface area contributed by atoms with Gasteiger partial charge in [-0.25, -0.2) is 0 Å². The van der Waals surface area contributed by atoms with Crippen LogP contribution >= 0.6 is 0 Å². The van der Waals surface area contributed by atoms with Gasteiger partial charge in [-0.15, -0.1) is 0 Å². The number of hydrogen-bond acceptors (Lipinski definition) is 2. The zero-order valence-corrected chi connectivity index (χ0v) is 9.70. The lowest BCUT2D eigenvalue weighted by Crippen LogP contribution is -2.32. The van der Waals surface area contributed by atoms with Gasteiger partial charge in [0.2, 0.25) is 5.91 Å². The Labute approximate surface area is 96.5 Å². The monoisotopic (exact) mass is 218 g/mol. The normalized spacial score (nSPS) is 17.3. The molecule has 1 aliphatic rings. The molecule has 0 bridgehead atoms. The van der Waals surface area contributed by atoms with Crippen LogP contribution in [0.25, 0.3) is 0 Å². The van der Waals surface area contributed by atoms with Crippen LogP contribution in [-0.2, 0) is 11.2 Å². The molecule has 16 heavy (non-hydrogen) atoms. The Morgan fingerprint density at radius 1 is 1.25 bits per heavy atom. The van der Waals surface area contributed by atoms with Crippen molar-refractivity contribution < 1.29 is 4.79 Å². The third-order valence-corrected chi connectivity index (χ3v) is 2.99. The Morgan fingerprint density at radius 2 is 2.00 bits per heavy atom. The molecule has 0 radical (unpaired) electrons. The lowest BCUT2D eigenvalue weighted by molar-refractivity contribution is -0.118. The highest BCUT2D eigenvalue weighted by molar-refractivity contribution is 5.93. The van der Waals surface area contributed by atoms with Crippen LogP contribution in [0, 0.1) is 0 Å². The van der Waals surface area contributed by atoms with Gasteiger partial charge in [0.25, 0.3) is 0 Å². The number of nitrogens with one attached hydrogen (secondary N) is 1. The van der Waals surface area contributed by atoms with Crippen molar-refractivity contribution in [3.63, 3.8) is 0 Å². The number of aryl methyl sites for hydroxylation is 1. The molecule has 1 saturated heterocycles. The molecule has 86 valence electrons. The predicted molar refractivity (Wildman–Crippen MR) is 65.7 cm³/mol. The molecule has 1 aromatic carbocycles. The number of benzene rings is 1. The molecule has 0 aliphatic carbocycles. The van der Waals surface area contributed by atoms with Crippen molar-refractivity contribution in [2.45, 2.75) is 19.8 Å². The van der Waals surface area contributed by atoms with E-state index in [2.05, 4.69) is 24.4 Å². The van der Waals surface area contributed by atoms with Crippen LogP contribution in [0.3, 0.4) is 0 Å². The second-order valence-electron chi connectivity index (χ2n) is 4.07. The maximum atomic E-state index is 11.9. The highest BCUT2D eigenvalue weighted by atomic mass is 16.2. The van der Waals surface area contributed by atoms with E-state index in [1.54, 1.807) is 0 Å². The van der Waals surface area contributed by atoms with E-state index >= 15 is 0 Å². The summed E-state index contributed by atoms with van der Waals surface area (Å²) in [6.45, 7) is 4.57. The fraction of sp³-hybridized carbons (Fsp3) is 0.462. The first-order chi connectivity index (χ1) is 7.81. The quantitative estimate of drug-likeness (QED) is 0.817. The van der Waals surface area contributed by atoms with Gasteiger partial charge in [0.05, 0.1) is 0 Å². The first kappa shape index (κ1) is 11.1. The average molecular weight is 218 g/mol. The maximum absolute atomic E-state index is 11.9. The minimum Gasteiger partial charge on any atom is -0.314 e. The summed E-state index contributed by atoms with van der Waals surface area (Å²) in [6.07, 6.45) is 1.63. The summed E-state index contributed by atoms with van der Waals surface area (Å²) < 4.78 is 0. The van der Waals surface area contributed by atoms with E-state index in [0.29, 0.717) is 6.42 Å². The number of hydrogen-bond donors (Lipinski definition) is 1. The Kier molecular flexibility index (Phi) is 3.57. The van der Waals surface area contributed by atoms with Crippen molar-refractivity contribution >= 4 is 11.6 Å². The van der Waals surface area contributed by atoms with Crippen LogP contribution in [0.4, 0.5) is 5.69 Å². The third kappa shape index (κ3) is 2.42. The van der Waals surface area contributed by atoms with Crippen molar-refractivity contribution in [3.05, 3.63) is 29.8 Å². The molecule has 2 rings (SSSR count). The van der Waals surface area contributed by atoms with Crippen molar-refractivity contribution in [1.29, 1.82) is 0 Å². The summed E-state index contributed by atoms with van der Waals surface area (Å²) in [4.78, 5) is 13.7. The molecule has 1 N–H and O–H groups in total. The molecule has 0 atom stereocenters. The van der Waals surface area contributed by atoms with Gasteiger partial charge < -0.3 is 10.2 Å². The van der Waals surface area contributed by atoms with Crippen LogP contribution in [0.1, 0.15) is 18.9 Å². The fourth-order valence-corrected chi connectivity index (χ4v) is 1.96. The molecule has 0 spiro atoms. The van der Waals surface area contributed by atoms with E-state index in [0.717, 1.165) is 31.7 Å². The molecule has 1 aliphatic heterocycles. The molecule has 1 heterocycles. The Bertz CT molecular complexity index is 359. The number of nitrogens with zero attached hydrogens (tertiary/aromatic N) is 1. The minimum atomic E-state index is 0.217. The number of rotatable bonds is 2. The molecular weight excluding hydrogens is 200 g/mol. The molecule has 0 unspecified atom stereocenters. The van der Waals surface area contributed by atoms with Crippen molar-refractivity contribution in [2.75, 3.05) is 24.5 Å². The molecule has 1 amide bonds. The first-order valence-electron chi connectivity index (χ1n) is 5.91. The van der Waals surface area contributed by atoms with Crippen LogP contribution < -0.4 is 10.2 Å². The second kappa shape index (κ2) is 5.12. The predicted octanol–water partition coefficient (Wildman–Crippen LogP) is 1.58. The smallest absolute Gasteiger partial charge is 0.228 e. The lowest BCUT2D eigenvalue weighted by Gasteiger charge is -2.20. The van der Waals surface area contributed by atoms with Gasteiger partial charge in [-0.2, -0.15) is 0 Å². The second-order valence-corrected chi connectivity index (χ2v) is 4.07. The lowest BCUT2D eigenvalue weighted by atomic mass is 10.1. The van der Waals surface area contributed by atoms with E-state index in [-0.39, 0.29) is 5.91 Å². The first-order valence-corrected chi connectivity index (χ1v) is 5.91. The van der Waals surface area contributed by atoms with Crippen molar-refractivity contribution in [1.82, 2.24) is 5.32 Å². The SMILES string of the molecule is CCc1ccc(N2CCNCCC2=O)cc1. The van der Waals surface area contributed by atoms with E-state index in [1.807, 2.05) is 17.0 Å². The van der Waals surface area contributed by atoms with E-state index in [1.165, 1.54) is 5.56 Å². The third-order valence-electron chi connectivity index (χ3n) is 2.99. The average Bonchev–Trinajstić information content (AvgIpc) is 2.54. The molecule has 1 aromatic rings. The van der Waals surface area contributed by atoms with Gasteiger partial charge in [-0.05, 0) is 24.1 Å². The van der Waals surface area contributed by atoms with Crippen LogP contribution in [-0.4, -0.2) is 25.5 Å². The molecule has 3 heteroatoms. The zero-order valence-electron chi connectivity index (χ0n) is 9.70. The summed E-state index contributed by atoms with van der Waals surface area (Å²) in [5.41, 5.74) is 2.33. The summed E-state index contributed by atoms with van der Waals surface area (Å²) in [7, 11) is 0. The van der Waals surface area contributed by atoms with Crippen molar-refractivity contribution in [3.8, 4) is 0 Å². The number of carbonyl (C=O) groups excluding carboxylic acids is 1. The van der Waals surface area contributed by atoms with E-state index < -0.39 is 0 Å². The van der Waals surface area contributed by atoms with Gasteiger partial charge in [0.15, 0.2) is 0 Å². The van der Waals surface area contributed by atoms with E-state index in [4.69, 9.17) is 0 Å². The van der Waals surface area contributed by atoms with E-state index in [9.17, 15) is 4.79 Å². The molecule has 3 nitrogen and oxygen atoms in total. The molecule has 0 saturated carbocycles. The Balaban J connectivity index is 2.17. The Hall–Kier alpha value is -1.35. The largest absolute Gasteiger partial charge is 0.314 e. The van der Waals surface area contributed by atoms with Gasteiger partial charge in [-0.3, -0.25) is 4.79 Å². The van der Waals surface area contributed by atoms with Crippen molar-refractivity contribution in [2.24, 2.45) is 0 Å². The van der Waals surface area contributed by atoms with Gasteiger partial charge in [0.1, 0.15) is 0 Å². The number of amides is 1. The van der Waals surface area contributed by atoms with Gasteiger partial charge >= 0.3 is 0 Å². The van der Waals surface area contributed by atoms with Gasteiger partial charge in [0, 0.05) is 31.7 Å². The van der Waals surface area contributed by atoms with Crippen LogP contribution in [0.5, 0.6) is 0 Å². The summed E-state index contributed by atoms with van der Waals surface area (Å²) >= 11 is 0. The highest BCUT2D eigenvalue weighted by Crippen LogP contribution is 2.17. The summed E-state index contributed by atoms with van der Waals surface area (Å²) in [6, 6.07) is 8.28. The van der Waals surface area contributed by atoms with Crippen LogP contribution in [0.15, 0.2) is 24.3 Å². The Morgan fingerprint density at radius 3 is 2.69 bits per heavy atom. The molecular formula is C13H18N2O. The molecule has 0 aromatic heterocycles. The number of carbonyl (C=O) groups is 1. The molecule has 1 fully saturated rings. The number of anilines is 1. The highest BCUT2D eigenvalue weighted by Gasteiger charge is 2.17. The standard InChI is InChI=1S/C13H18N2O/c1-2-11-3-5-12(6-4-11)15-10-9-14-8-7-13(15)16/h3-6,14H,2,7-10H2,1H3. The zero-order chi connectivity index (χ0) is 11.4. The maximum Gasteiger partial charge on any atom is 0.228 e. The summed E-state index contributed by atoms with van der Waals surface area (Å²) in [5, 5.41) is 3.24. The topological polar surface area (TPSA) is 32.3 Å². The van der Waals surface area contributed by atoms with Gasteiger partial charge in [-0.1, -0.05) is 19.1 Å². The minimum absolute atomic E-state index is 0.217. The summed E-state index contributed by atoms with van der Waals surface area (Å²) in [5.74, 6) is 0.217. The fourth-order valence-electron chi connectivity index (χ4n) is 1.96.